The molecule has 0 aliphatic heterocycles. The van der Waals surface area contributed by atoms with Crippen LogP contribution in [0.15, 0.2) is 30.3 Å². The maximum absolute atomic E-state index is 12.0. The Kier molecular flexibility index (Phi) is 4.22. The lowest BCUT2D eigenvalue weighted by molar-refractivity contribution is -0.148. The van der Waals surface area contributed by atoms with Crippen LogP contribution in [0.2, 0.25) is 0 Å². The van der Waals surface area contributed by atoms with Gasteiger partial charge >= 0.3 is 5.97 Å². The molecule has 0 saturated heterocycles. The lowest BCUT2D eigenvalue weighted by Crippen LogP contribution is -2.38. The Morgan fingerprint density at radius 1 is 1.25 bits per heavy atom. The van der Waals surface area contributed by atoms with Gasteiger partial charge in [-0.15, -0.1) is 0 Å². The average Bonchev–Trinajstić information content (AvgIpc) is 2.62. The van der Waals surface area contributed by atoms with Gasteiger partial charge in [0.25, 0.3) is 0 Å². The van der Waals surface area contributed by atoms with Crippen molar-refractivity contribution in [1.29, 1.82) is 0 Å². The largest absolute Gasteiger partial charge is 0.465 e. The lowest BCUT2D eigenvalue weighted by Gasteiger charge is -2.40. The first-order valence-corrected chi connectivity index (χ1v) is 7.55. The Balaban J connectivity index is 1.91. The lowest BCUT2D eigenvalue weighted by atomic mass is 9.66. The minimum atomic E-state index is -0.118. The van der Waals surface area contributed by atoms with Gasteiger partial charge in [0.1, 0.15) is 0 Å². The maximum Gasteiger partial charge on any atom is 0.310 e. The summed E-state index contributed by atoms with van der Waals surface area (Å²) in [6, 6.07) is 9.78. The van der Waals surface area contributed by atoms with E-state index in [1.807, 2.05) is 30.3 Å². The molecule has 1 aliphatic carbocycles. The number of hydrogen-bond acceptors (Lipinski definition) is 2. The molecule has 2 rings (SSSR count). The van der Waals surface area contributed by atoms with Crippen LogP contribution in [0.25, 0.3) is 0 Å². The molecule has 0 N–H and O–H groups in total. The minimum absolute atomic E-state index is 0.0960. The molecule has 0 amide bonds. The summed E-state index contributed by atoms with van der Waals surface area (Å²) in [5.41, 5.74) is 1.33. The zero-order valence-electron chi connectivity index (χ0n) is 13.1. The summed E-state index contributed by atoms with van der Waals surface area (Å²) < 4.78 is 5.58. The van der Waals surface area contributed by atoms with Gasteiger partial charge in [-0.1, -0.05) is 58.0 Å². The highest BCUT2D eigenvalue weighted by atomic mass is 16.5. The molecule has 1 aliphatic rings. The smallest absolute Gasteiger partial charge is 0.310 e. The van der Waals surface area contributed by atoms with E-state index in [0.717, 1.165) is 12.0 Å². The van der Waals surface area contributed by atoms with Crippen molar-refractivity contribution in [3.63, 3.8) is 0 Å². The van der Waals surface area contributed by atoms with Gasteiger partial charge in [-0.3, -0.25) is 4.79 Å². The molecule has 110 valence electrons. The zero-order valence-corrected chi connectivity index (χ0v) is 13.1. The number of ether oxygens (including phenoxy) is 1. The summed E-state index contributed by atoms with van der Waals surface area (Å²) >= 11 is 0. The van der Waals surface area contributed by atoms with E-state index in [1.165, 1.54) is 6.42 Å². The molecule has 0 unspecified atom stereocenters. The molecule has 20 heavy (non-hydrogen) atoms. The third kappa shape index (κ3) is 2.89. The normalized spacial score (nSPS) is 28.3. The highest BCUT2D eigenvalue weighted by Crippen LogP contribution is 2.55. The predicted octanol–water partition coefficient (Wildman–Crippen LogP) is 4.23. The van der Waals surface area contributed by atoms with Crippen molar-refractivity contribution < 1.29 is 9.53 Å². The molecular formula is C18H26O2. The maximum atomic E-state index is 12.0. The van der Waals surface area contributed by atoms with Crippen molar-refractivity contribution in [3.8, 4) is 0 Å². The first-order chi connectivity index (χ1) is 9.35. The topological polar surface area (TPSA) is 26.3 Å². The van der Waals surface area contributed by atoms with Crippen molar-refractivity contribution in [1.82, 2.24) is 0 Å². The molecule has 0 heterocycles. The Morgan fingerprint density at radius 3 is 2.45 bits per heavy atom. The molecule has 0 bridgehead atoms. The molecule has 2 nitrogen and oxygen atoms in total. The van der Waals surface area contributed by atoms with E-state index < -0.39 is 0 Å². The van der Waals surface area contributed by atoms with E-state index in [0.29, 0.717) is 18.9 Å². The van der Waals surface area contributed by atoms with Gasteiger partial charge in [-0.05, 0) is 29.7 Å². The van der Waals surface area contributed by atoms with Gasteiger partial charge in [0.15, 0.2) is 0 Å². The van der Waals surface area contributed by atoms with Gasteiger partial charge in [0.2, 0.25) is 0 Å². The molecule has 1 aromatic rings. The van der Waals surface area contributed by atoms with Gasteiger partial charge in [-0.25, -0.2) is 0 Å². The second-order valence-electron chi connectivity index (χ2n) is 7.05. The summed E-state index contributed by atoms with van der Waals surface area (Å²) in [5, 5.41) is 0. The SMILES string of the molecule is C[C@@H]1CC[C@@](C)(COC(=O)Cc2ccccc2)C1(C)C. The first kappa shape index (κ1) is 15.1. The number of rotatable bonds is 4. The minimum Gasteiger partial charge on any atom is -0.465 e. The summed E-state index contributed by atoms with van der Waals surface area (Å²) in [5.74, 6) is 0.563. The standard InChI is InChI=1S/C18H26O2/c1-14-10-11-18(4,17(14,2)3)13-20-16(19)12-15-8-6-5-7-9-15/h5-9,14H,10-13H2,1-4H3/t14-,18+/m1/s1. The average molecular weight is 274 g/mol. The van der Waals surface area contributed by atoms with Crippen molar-refractivity contribution in [2.45, 2.75) is 47.0 Å². The summed E-state index contributed by atoms with van der Waals surface area (Å²) in [4.78, 5) is 12.0. The number of carbonyl (C=O) groups excluding carboxylic acids is 1. The molecule has 0 radical (unpaired) electrons. The Labute approximate surface area is 122 Å². The second kappa shape index (κ2) is 5.59. The van der Waals surface area contributed by atoms with Crippen molar-refractivity contribution >= 4 is 5.97 Å². The summed E-state index contributed by atoms with van der Waals surface area (Å²) in [6.45, 7) is 9.70. The predicted molar refractivity (Wildman–Crippen MR) is 81.4 cm³/mol. The van der Waals surface area contributed by atoms with Gasteiger partial charge in [0, 0.05) is 5.41 Å². The molecule has 2 atom stereocenters. The molecule has 2 heteroatoms. The quantitative estimate of drug-likeness (QED) is 0.768. The summed E-state index contributed by atoms with van der Waals surface area (Å²) in [6.07, 6.45) is 2.73. The van der Waals surface area contributed by atoms with Crippen molar-refractivity contribution in [3.05, 3.63) is 35.9 Å². The van der Waals surface area contributed by atoms with Crippen LogP contribution < -0.4 is 0 Å². The Bertz CT molecular complexity index is 464. The van der Waals surface area contributed by atoms with Crippen LogP contribution in [-0.2, 0) is 16.0 Å². The Morgan fingerprint density at radius 2 is 1.90 bits per heavy atom. The monoisotopic (exact) mass is 274 g/mol. The van der Waals surface area contributed by atoms with Crippen LogP contribution in [-0.4, -0.2) is 12.6 Å². The van der Waals surface area contributed by atoms with Crippen LogP contribution in [0.1, 0.15) is 46.1 Å². The van der Waals surface area contributed by atoms with Crippen molar-refractivity contribution in [2.75, 3.05) is 6.61 Å². The van der Waals surface area contributed by atoms with Crippen LogP contribution in [0.5, 0.6) is 0 Å². The van der Waals surface area contributed by atoms with E-state index in [4.69, 9.17) is 4.74 Å². The van der Waals surface area contributed by atoms with Crippen LogP contribution >= 0.6 is 0 Å². The van der Waals surface area contributed by atoms with E-state index in [-0.39, 0.29) is 16.8 Å². The fourth-order valence-corrected chi connectivity index (χ4v) is 3.12. The van der Waals surface area contributed by atoms with Gasteiger partial charge in [-0.2, -0.15) is 0 Å². The highest BCUT2D eigenvalue weighted by molar-refractivity contribution is 5.72. The third-order valence-corrected chi connectivity index (χ3v) is 5.66. The number of hydrogen-bond donors (Lipinski definition) is 0. The van der Waals surface area contributed by atoms with Gasteiger partial charge in [0.05, 0.1) is 13.0 Å². The van der Waals surface area contributed by atoms with Crippen LogP contribution in [0, 0.1) is 16.7 Å². The molecule has 1 fully saturated rings. The molecule has 1 saturated carbocycles. The third-order valence-electron chi connectivity index (χ3n) is 5.66. The zero-order chi connectivity index (χ0) is 14.8. The van der Waals surface area contributed by atoms with E-state index in [9.17, 15) is 4.79 Å². The van der Waals surface area contributed by atoms with E-state index >= 15 is 0 Å². The second-order valence-corrected chi connectivity index (χ2v) is 7.05. The molecule has 1 aromatic carbocycles. The molecular weight excluding hydrogens is 248 g/mol. The Hall–Kier alpha value is -1.31. The van der Waals surface area contributed by atoms with E-state index in [1.54, 1.807) is 0 Å². The molecule has 0 aromatic heterocycles. The number of carbonyl (C=O) groups is 1. The molecule has 0 spiro atoms. The van der Waals surface area contributed by atoms with Crippen LogP contribution in [0.3, 0.4) is 0 Å². The fraction of sp³-hybridized carbons (Fsp3) is 0.611. The van der Waals surface area contributed by atoms with Crippen molar-refractivity contribution in [2.24, 2.45) is 16.7 Å². The first-order valence-electron chi connectivity index (χ1n) is 7.55. The van der Waals surface area contributed by atoms with E-state index in [2.05, 4.69) is 27.7 Å². The number of esters is 1. The number of benzene rings is 1. The summed E-state index contributed by atoms with van der Waals surface area (Å²) in [7, 11) is 0. The van der Waals surface area contributed by atoms with Crippen LogP contribution in [0.4, 0.5) is 0 Å². The highest BCUT2D eigenvalue weighted by Gasteiger charge is 2.50. The fourth-order valence-electron chi connectivity index (χ4n) is 3.12. The van der Waals surface area contributed by atoms with Gasteiger partial charge < -0.3 is 4.74 Å².